The maximum absolute atomic E-state index is 13.1. The number of carbonyl (C=O) groups is 2. The highest BCUT2D eigenvalue weighted by Gasteiger charge is 2.25. The van der Waals surface area contributed by atoms with Crippen molar-refractivity contribution in [3.63, 3.8) is 0 Å². The van der Waals surface area contributed by atoms with E-state index in [0.29, 0.717) is 36.5 Å². The number of isocyanates is 1. The lowest BCUT2D eigenvalue weighted by molar-refractivity contribution is -0.0524. The van der Waals surface area contributed by atoms with Crippen molar-refractivity contribution in [2.45, 2.75) is 58.0 Å². The number of anilines is 1. The maximum Gasteiger partial charge on any atom is 0.336 e. The molecule has 1 aliphatic carbocycles. The van der Waals surface area contributed by atoms with Crippen LogP contribution in [-0.4, -0.2) is 58.4 Å². The third-order valence-electron chi connectivity index (χ3n) is 7.71. The fourth-order valence-corrected chi connectivity index (χ4v) is 5.34. The van der Waals surface area contributed by atoms with Crippen molar-refractivity contribution in [2.24, 2.45) is 4.99 Å². The van der Waals surface area contributed by atoms with E-state index >= 15 is 0 Å². The summed E-state index contributed by atoms with van der Waals surface area (Å²) >= 11 is 0. The zero-order valence-electron chi connectivity index (χ0n) is 26.5. The number of hydrogen-bond acceptors (Lipinski definition) is 7. The SMILES string of the molecule is Cc1cccc(CO[C@@H]2CCC[C@H](OCCN(Cc3ccncc3)C(=O)Nc3ccccc3)C2)c1C(=O)O.O=C=Nc1ccccc1. The summed E-state index contributed by atoms with van der Waals surface area (Å²) in [6.07, 6.45) is 8.51. The number of hydrogen-bond donors (Lipinski definition) is 2. The first kappa shape index (κ1) is 34.7. The van der Waals surface area contributed by atoms with E-state index in [2.05, 4.69) is 15.3 Å². The van der Waals surface area contributed by atoms with Crippen molar-refractivity contribution < 1.29 is 29.0 Å². The number of urea groups is 1. The van der Waals surface area contributed by atoms with Crippen molar-refractivity contribution in [2.75, 3.05) is 18.5 Å². The van der Waals surface area contributed by atoms with Gasteiger partial charge in [-0.05, 0) is 85.7 Å². The molecule has 0 spiro atoms. The first-order valence-corrected chi connectivity index (χ1v) is 15.6. The molecule has 10 heteroatoms. The number of ether oxygens (including phenoxy) is 2. The molecule has 47 heavy (non-hydrogen) atoms. The molecule has 1 fully saturated rings. The minimum atomic E-state index is -0.931. The minimum absolute atomic E-state index is 0.00482. The molecule has 5 rings (SSSR count). The van der Waals surface area contributed by atoms with Crippen LogP contribution in [0.15, 0.2) is 108 Å². The van der Waals surface area contributed by atoms with Crippen molar-refractivity contribution in [1.29, 1.82) is 0 Å². The van der Waals surface area contributed by atoms with Crippen molar-refractivity contribution in [3.8, 4) is 0 Å². The van der Waals surface area contributed by atoms with Crippen LogP contribution in [0.5, 0.6) is 0 Å². The van der Waals surface area contributed by atoms with Gasteiger partial charge in [0.25, 0.3) is 0 Å². The molecule has 1 saturated carbocycles. The molecule has 0 aliphatic heterocycles. The number of aliphatic imine (C=N–C) groups is 1. The lowest BCUT2D eigenvalue weighted by atomic mass is 9.94. The predicted octanol–water partition coefficient (Wildman–Crippen LogP) is 7.32. The van der Waals surface area contributed by atoms with E-state index in [-0.39, 0.29) is 24.8 Å². The number of aryl methyl sites for hydroxylation is 1. The molecule has 4 aromatic rings. The second-order valence-corrected chi connectivity index (χ2v) is 11.1. The predicted molar refractivity (Wildman–Crippen MR) is 179 cm³/mol. The Hall–Kier alpha value is -5.15. The Morgan fingerprint density at radius 1 is 0.936 bits per heavy atom. The van der Waals surface area contributed by atoms with Gasteiger partial charge >= 0.3 is 12.0 Å². The first-order chi connectivity index (χ1) is 22.9. The number of amides is 2. The summed E-state index contributed by atoms with van der Waals surface area (Å²) in [5, 5.41) is 12.5. The van der Waals surface area contributed by atoms with Gasteiger partial charge in [-0.3, -0.25) is 4.98 Å². The summed E-state index contributed by atoms with van der Waals surface area (Å²) in [7, 11) is 0. The van der Waals surface area contributed by atoms with Crippen LogP contribution in [0, 0.1) is 6.92 Å². The monoisotopic (exact) mass is 636 g/mol. The van der Waals surface area contributed by atoms with E-state index in [9.17, 15) is 19.5 Å². The smallest absolute Gasteiger partial charge is 0.336 e. The number of para-hydroxylation sites is 2. The molecule has 244 valence electrons. The summed E-state index contributed by atoms with van der Waals surface area (Å²) in [6, 6.07) is 27.5. The van der Waals surface area contributed by atoms with Crippen molar-refractivity contribution >= 4 is 29.5 Å². The lowest BCUT2D eigenvalue weighted by Crippen LogP contribution is -2.38. The maximum atomic E-state index is 13.1. The standard InChI is InChI=1S/C30H35N3O5.C7H5NO/c1-22-7-5-8-24(28(22)29(34)35)21-38-27-12-6-11-26(19-27)37-18-17-33(20-23-13-15-31-16-14-23)30(36)32-25-9-3-2-4-10-25;9-6-8-7-4-2-1-3-5-7/h2-5,7-10,13-16,26-27H,6,11-12,17-21H2,1H3,(H,32,36)(H,34,35);1-5H/t26-,27+;/m0./s1. The summed E-state index contributed by atoms with van der Waals surface area (Å²) in [4.78, 5) is 43.6. The van der Waals surface area contributed by atoms with Gasteiger partial charge in [0.1, 0.15) is 0 Å². The number of aromatic carboxylic acids is 1. The van der Waals surface area contributed by atoms with E-state index in [1.807, 2.05) is 72.8 Å². The molecule has 0 bridgehead atoms. The Bertz CT molecular complexity index is 1600. The number of carboxylic acid groups (broad SMARTS) is 1. The molecule has 1 aliphatic rings. The van der Waals surface area contributed by atoms with E-state index < -0.39 is 5.97 Å². The van der Waals surface area contributed by atoms with E-state index in [1.165, 1.54) is 6.08 Å². The molecule has 2 atom stereocenters. The minimum Gasteiger partial charge on any atom is -0.478 e. The molecule has 1 heterocycles. The highest BCUT2D eigenvalue weighted by atomic mass is 16.5. The Kier molecular flexibility index (Phi) is 13.8. The topological polar surface area (TPSA) is 130 Å². The summed E-state index contributed by atoms with van der Waals surface area (Å²) in [6.45, 7) is 3.36. The van der Waals surface area contributed by atoms with Gasteiger partial charge < -0.3 is 24.8 Å². The molecule has 2 amide bonds. The van der Waals surface area contributed by atoms with Gasteiger partial charge in [-0.1, -0.05) is 54.6 Å². The Morgan fingerprint density at radius 3 is 2.30 bits per heavy atom. The van der Waals surface area contributed by atoms with E-state index in [4.69, 9.17) is 9.47 Å². The quantitative estimate of drug-likeness (QED) is 0.123. The molecule has 3 aromatic carbocycles. The molecular weight excluding hydrogens is 596 g/mol. The Morgan fingerprint density at radius 2 is 1.62 bits per heavy atom. The number of benzene rings is 3. The van der Waals surface area contributed by atoms with Crippen LogP contribution >= 0.6 is 0 Å². The normalized spacial score (nSPS) is 15.3. The lowest BCUT2D eigenvalue weighted by Gasteiger charge is -2.30. The van der Waals surface area contributed by atoms with Crippen LogP contribution in [0.25, 0.3) is 0 Å². The van der Waals surface area contributed by atoms with E-state index in [0.717, 1.165) is 42.5 Å². The van der Waals surface area contributed by atoms with Gasteiger partial charge in [0.2, 0.25) is 6.08 Å². The fraction of sp³-hybridized carbons (Fsp3) is 0.297. The average molecular weight is 637 g/mol. The molecule has 1 aromatic heterocycles. The first-order valence-electron chi connectivity index (χ1n) is 15.6. The average Bonchev–Trinajstić information content (AvgIpc) is 3.09. The highest BCUT2D eigenvalue weighted by Crippen LogP contribution is 2.26. The molecule has 2 N–H and O–H groups in total. The van der Waals surface area contributed by atoms with Crippen LogP contribution in [0.2, 0.25) is 0 Å². The molecule has 0 saturated heterocycles. The van der Waals surface area contributed by atoms with Gasteiger partial charge in [0, 0.05) is 31.2 Å². The van der Waals surface area contributed by atoms with Crippen LogP contribution in [0.4, 0.5) is 16.2 Å². The number of nitrogens with zero attached hydrogens (tertiary/aromatic N) is 3. The second kappa shape index (κ2) is 18.7. The number of pyridine rings is 1. The van der Waals surface area contributed by atoms with Crippen LogP contribution < -0.4 is 5.32 Å². The summed E-state index contributed by atoms with van der Waals surface area (Å²) in [5.74, 6) is -0.931. The van der Waals surface area contributed by atoms with Crippen molar-refractivity contribution in [3.05, 3.63) is 126 Å². The van der Waals surface area contributed by atoms with Gasteiger partial charge in [0.05, 0.1) is 36.7 Å². The summed E-state index contributed by atoms with van der Waals surface area (Å²) < 4.78 is 12.3. The zero-order valence-corrected chi connectivity index (χ0v) is 26.5. The fourth-order valence-electron chi connectivity index (χ4n) is 5.34. The van der Waals surface area contributed by atoms with Crippen LogP contribution in [-0.2, 0) is 27.4 Å². The van der Waals surface area contributed by atoms with Crippen LogP contribution in [0.3, 0.4) is 0 Å². The van der Waals surface area contributed by atoms with Crippen LogP contribution in [0.1, 0.15) is 52.7 Å². The van der Waals surface area contributed by atoms with Gasteiger partial charge in [0.15, 0.2) is 0 Å². The third kappa shape index (κ3) is 11.6. The zero-order chi connectivity index (χ0) is 33.3. The third-order valence-corrected chi connectivity index (χ3v) is 7.71. The number of carbonyl (C=O) groups excluding carboxylic acids is 2. The Labute approximate surface area is 275 Å². The number of nitrogens with one attached hydrogen (secondary N) is 1. The van der Waals surface area contributed by atoms with Gasteiger partial charge in [-0.2, -0.15) is 4.99 Å². The highest BCUT2D eigenvalue weighted by molar-refractivity contribution is 5.91. The van der Waals surface area contributed by atoms with E-state index in [1.54, 1.807) is 42.4 Å². The number of carboxylic acids is 1. The molecule has 10 nitrogen and oxygen atoms in total. The van der Waals surface area contributed by atoms with Gasteiger partial charge in [-0.15, -0.1) is 0 Å². The number of rotatable bonds is 12. The largest absolute Gasteiger partial charge is 0.478 e. The van der Waals surface area contributed by atoms with Gasteiger partial charge in [-0.25, -0.2) is 14.4 Å². The summed E-state index contributed by atoms with van der Waals surface area (Å²) in [5.41, 5.74) is 4.12. The second-order valence-electron chi connectivity index (χ2n) is 11.1. The van der Waals surface area contributed by atoms with Crippen molar-refractivity contribution in [1.82, 2.24) is 9.88 Å². The number of aromatic nitrogens is 1. The molecular formula is C37H40N4O6. The molecule has 0 unspecified atom stereocenters. The Balaban J connectivity index is 0.000000479. The molecule has 0 radical (unpaired) electrons.